The molecular weight excluding hydrogens is 366 g/mol. The molecule has 0 aromatic heterocycles. The number of nitrogens with zero attached hydrogens (tertiary/aromatic N) is 1. The van der Waals surface area contributed by atoms with Gasteiger partial charge in [0.05, 0.1) is 6.04 Å². The molecular formula is C25H40F2N2. The van der Waals surface area contributed by atoms with Crippen LogP contribution in [0.15, 0.2) is 48.5 Å². The standard InChI is InChI=1S/C18H22F2N2.C5H12.C2H6/c1-13(12-21-2)22(3)18(14-4-8-16(19)9-5-14)15-6-10-17(20)11-7-15;1-3-5-4-2;1-2/h4-11,13,18,21H,12H2,1-3H3;3-5H2,1-2H3;1-2H3. The number of unbranched alkanes of at least 4 members (excludes halogenated alkanes) is 2. The van der Waals surface area contributed by atoms with Gasteiger partial charge in [-0.25, -0.2) is 8.78 Å². The van der Waals surface area contributed by atoms with Crippen LogP contribution in [-0.2, 0) is 0 Å². The van der Waals surface area contributed by atoms with Crippen molar-refractivity contribution in [3.63, 3.8) is 0 Å². The molecule has 0 saturated heterocycles. The maximum absolute atomic E-state index is 13.2. The van der Waals surface area contributed by atoms with E-state index in [1.807, 2.05) is 27.9 Å². The lowest BCUT2D eigenvalue weighted by Crippen LogP contribution is -2.39. The molecule has 2 aromatic rings. The minimum absolute atomic E-state index is 0.0513. The van der Waals surface area contributed by atoms with Crippen molar-refractivity contribution in [2.24, 2.45) is 0 Å². The maximum atomic E-state index is 13.2. The fourth-order valence-electron chi connectivity index (χ4n) is 3.00. The number of nitrogens with one attached hydrogen (secondary N) is 1. The summed E-state index contributed by atoms with van der Waals surface area (Å²) >= 11 is 0. The van der Waals surface area contributed by atoms with Crippen molar-refractivity contribution < 1.29 is 8.78 Å². The van der Waals surface area contributed by atoms with Crippen LogP contribution in [0.25, 0.3) is 0 Å². The first-order valence-corrected chi connectivity index (χ1v) is 10.8. The van der Waals surface area contributed by atoms with Crippen LogP contribution in [0.4, 0.5) is 8.78 Å². The summed E-state index contributed by atoms with van der Waals surface area (Å²) < 4.78 is 26.4. The lowest BCUT2D eigenvalue weighted by molar-refractivity contribution is 0.209. The van der Waals surface area contributed by atoms with E-state index < -0.39 is 0 Å². The van der Waals surface area contributed by atoms with Crippen LogP contribution in [0.1, 0.15) is 71.0 Å². The van der Waals surface area contributed by atoms with Crippen molar-refractivity contribution in [1.29, 1.82) is 0 Å². The first-order valence-electron chi connectivity index (χ1n) is 10.8. The molecule has 0 radical (unpaired) electrons. The second-order valence-electron chi connectivity index (χ2n) is 6.93. The molecule has 1 atom stereocenters. The fourth-order valence-corrected chi connectivity index (χ4v) is 3.00. The van der Waals surface area contributed by atoms with Gasteiger partial charge < -0.3 is 5.32 Å². The minimum Gasteiger partial charge on any atom is -0.318 e. The molecule has 2 aromatic carbocycles. The summed E-state index contributed by atoms with van der Waals surface area (Å²) in [5.74, 6) is -0.514. The Morgan fingerprint density at radius 2 is 1.21 bits per heavy atom. The van der Waals surface area contributed by atoms with E-state index in [1.54, 1.807) is 24.3 Å². The molecule has 0 spiro atoms. The monoisotopic (exact) mass is 406 g/mol. The second kappa shape index (κ2) is 16.1. The van der Waals surface area contributed by atoms with Gasteiger partial charge in [-0.2, -0.15) is 0 Å². The Bertz CT molecular complexity index is 579. The van der Waals surface area contributed by atoms with E-state index in [9.17, 15) is 8.78 Å². The van der Waals surface area contributed by atoms with Crippen molar-refractivity contribution in [2.75, 3.05) is 20.6 Å². The summed E-state index contributed by atoms with van der Waals surface area (Å²) in [5.41, 5.74) is 1.97. The minimum atomic E-state index is -0.257. The fraction of sp³-hybridized carbons (Fsp3) is 0.520. The Morgan fingerprint density at radius 3 is 1.48 bits per heavy atom. The summed E-state index contributed by atoms with van der Waals surface area (Å²) in [6.45, 7) is 11.4. The molecule has 164 valence electrons. The maximum Gasteiger partial charge on any atom is 0.123 e. The summed E-state index contributed by atoms with van der Waals surface area (Å²) in [6.07, 6.45) is 4.08. The molecule has 0 aliphatic carbocycles. The van der Waals surface area contributed by atoms with Crippen LogP contribution in [0.3, 0.4) is 0 Å². The van der Waals surface area contributed by atoms with E-state index in [1.165, 1.54) is 43.5 Å². The first-order chi connectivity index (χ1) is 13.9. The molecule has 0 aliphatic rings. The van der Waals surface area contributed by atoms with Crippen LogP contribution in [0.2, 0.25) is 0 Å². The van der Waals surface area contributed by atoms with Crippen LogP contribution >= 0.6 is 0 Å². The van der Waals surface area contributed by atoms with Crippen LogP contribution in [0.5, 0.6) is 0 Å². The van der Waals surface area contributed by atoms with Crippen molar-refractivity contribution in [2.45, 2.75) is 66.0 Å². The second-order valence-corrected chi connectivity index (χ2v) is 6.93. The van der Waals surface area contributed by atoms with Crippen molar-refractivity contribution >= 4 is 0 Å². The highest BCUT2D eigenvalue weighted by Gasteiger charge is 2.23. The highest BCUT2D eigenvalue weighted by atomic mass is 19.1. The van der Waals surface area contributed by atoms with Gasteiger partial charge in [0.15, 0.2) is 0 Å². The zero-order chi connectivity index (χ0) is 22.2. The summed E-state index contributed by atoms with van der Waals surface area (Å²) in [5, 5.41) is 3.16. The summed E-state index contributed by atoms with van der Waals surface area (Å²) in [4.78, 5) is 2.21. The summed E-state index contributed by atoms with van der Waals surface area (Å²) in [7, 11) is 3.94. The van der Waals surface area contributed by atoms with Crippen LogP contribution in [0, 0.1) is 11.6 Å². The lowest BCUT2D eigenvalue weighted by atomic mass is 9.96. The normalized spacial score (nSPS) is 11.4. The first kappa shape index (κ1) is 27.2. The Kier molecular flexibility index (Phi) is 15.1. The number of hydrogen-bond donors (Lipinski definition) is 1. The molecule has 0 fully saturated rings. The number of rotatable bonds is 8. The van der Waals surface area contributed by atoms with Crippen molar-refractivity contribution in [3.05, 3.63) is 71.3 Å². The average Bonchev–Trinajstić information content (AvgIpc) is 2.73. The van der Waals surface area contributed by atoms with Gasteiger partial charge in [-0.3, -0.25) is 4.90 Å². The molecule has 2 rings (SSSR count). The SMILES string of the molecule is CC.CCCCC.CNCC(C)N(C)C(c1ccc(F)cc1)c1ccc(F)cc1. The number of likely N-dealkylation sites (N-methyl/N-ethyl adjacent to an activating group) is 2. The van der Waals surface area contributed by atoms with Gasteiger partial charge in [-0.15, -0.1) is 0 Å². The topological polar surface area (TPSA) is 15.3 Å². The Labute approximate surface area is 177 Å². The number of benzene rings is 2. The van der Waals surface area contributed by atoms with E-state index in [0.717, 1.165) is 17.7 Å². The molecule has 0 aliphatic heterocycles. The Morgan fingerprint density at radius 1 is 0.828 bits per heavy atom. The molecule has 0 amide bonds. The molecule has 1 unspecified atom stereocenters. The van der Waals surface area contributed by atoms with Gasteiger partial charge in [-0.1, -0.05) is 71.2 Å². The summed E-state index contributed by atoms with van der Waals surface area (Å²) in [6, 6.07) is 13.2. The molecule has 1 N–H and O–H groups in total. The van der Waals surface area contributed by atoms with Gasteiger partial charge >= 0.3 is 0 Å². The van der Waals surface area contributed by atoms with E-state index in [0.29, 0.717) is 0 Å². The van der Waals surface area contributed by atoms with E-state index in [4.69, 9.17) is 0 Å². The van der Waals surface area contributed by atoms with Gasteiger partial charge in [0.1, 0.15) is 11.6 Å². The third kappa shape index (κ3) is 10.00. The Hall–Kier alpha value is -1.78. The molecule has 0 bridgehead atoms. The Balaban J connectivity index is 0.000000977. The predicted octanol–water partition coefficient (Wildman–Crippen LogP) is 6.82. The predicted molar refractivity (Wildman–Crippen MR) is 122 cm³/mol. The van der Waals surface area contributed by atoms with Crippen LogP contribution < -0.4 is 5.32 Å². The molecule has 29 heavy (non-hydrogen) atoms. The number of halogens is 2. The molecule has 2 nitrogen and oxygen atoms in total. The van der Waals surface area contributed by atoms with Gasteiger partial charge in [0.2, 0.25) is 0 Å². The highest BCUT2D eigenvalue weighted by Crippen LogP contribution is 2.29. The largest absolute Gasteiger partial charge is 0.318 e. The van der Waals surface area contributed by atoms with Crippen molar-refractivity contribution in [3.8, 4) is 0 Å². The zero-order valence-corrected chi connectivity index (χ0v) is 19.3. The van der Waals surface area contributed by atoms with Crippen LogP contribution in [-0.4, -0.2) is 31.6 Å². The van der Waals surface area contributed by atoms with Gasteiger partial charge in [-0.05, 0) is 56.4 Å². The third-order valence-corrected chi connectivity index (χ3v) is 4.68. The van der Waals surface area contributed by atoms with Gasteiger partial charge in [0, 0.05) is 12.6 Å². The van der Waals surface area contributed by atoms with Crippen molar-refractivity contribution in [1.82, 2.24) is 10.2 Å². The van der Waals surface area contributed by atoms with E-state index >= 15 is 0 Å². The lowest BCUT2D eigenvalue weighted by Gasteiger charge is -2.34. The average molecular weight is 407 g/mol. The smallest absolute Gasteiger partial charge is 0.123 e. The quantitative estimate of drug-likeness (QED) is 0.517. The van der Waals surface area contributed by atoms with E-state index in [2.05, 4.69) is 31.0 Å². The third-order valence-electron chi connectivity index (χ3n) is 4.68. The van der Waals surface area contributed by atoms with Gasteiger partial charge in [0.25, 0.3) is 0 Å². The van der Waals surface area contributed by atoms with E-state index in [-0.39, 0.29) is 23.7 Å². The molecule has 0 saturated carbocycles. The number of hydrogen-bond acceptors (Lipinski definition) is 2. The zero-order valence-electron chi connectivity index (χ0n) is 19.3. The molecule has 0 heterocycles. The highest BCUT2D eigenvalue weighted by molar-refractivity contribution is 5.32. The molecule has 4 heteroatoms.